The molecule has 2 aromatic carbocycles. The molecule has 168 valence electrons. The number of anilines is 1. The van der Waals surface area contributed by atoms with Gasteiger partial charge in [-0.05, 0) is 68.8 Å². The van der Waals surface area contributed by atoms with Crippen molar-refractivity contribution in [3.05, 3.63) is 53.1 Å². The van der Waals surface area contributed by atoms with Crippen LogP contribution >= 0.6 is 23.7 Å². The van der Waals surface area contributed by atoms with Crippen LogP contribution in [-0.2, 0) is 4.79 Å². The topological polar surface area (TPSA) is 45.7 Å². The van der Waals surface area contributed by atoms with E-state index in [2.05, 4.69) is 44.7 Å². The Morgan fingerprint density at radius 1 is 1.06 bits per heavy atom. The average molecular weight is 462 g/mol. The third-order valence-electron chi connectivity index (χ3n) is 5.49. The van der Waals surface area contributed by atoms with Crippen molar-refractivity contribution in [3.63, 3.8) is 0 Å². The van der Waals surface area contributed by atoms with Gasteiger partial charge < -0.3 is 9.64 Å². The van der Waals surface area contributed by atoms with Crippen LogP contribution in [0.2, 0.25) is 0 Å². The zero-order valence-corrected chi connectivity index (χ0v) is 20.6. The molecular formula is C24H32ClN3O2S. The fraction of sp³-hybridized carbons (Fsp3) is 0.417. The van der Waals surface area contributed by atoms with Crippen molar-refractivity contribution in [1.29, 1.82) is 0 Å². The predicted octanol–water partition coefficient (Wildman–Crippen LogP) is 5.40. The number of aromatic nitrogens is 1. The quantitative estimate of drug-likeness (QED) is 0.428. The Labute approximate surface area is 195 Å². The number of ether oxygens (including phenoxy) is 1. The smallest absolute Gasteiger partial charge is 0.266 e. The summed E-state index contributed by atoms with van der Waals surface area (Å²) in [5.74, 6) is 0.639. The number of hydrogen-bond donors (Lipinski definition) is 0. The Balaban J connectivity index is 0.00000341. The van der Waals surface area contributed by atoms with Gasteiger partial charge in [0.1, 0.15) is 5.75 Å². The van der Waals surface area contributed by atoms with Crippen LogP contribution in [0.1, 0.15) is 30.5 Å². The summed E-state index contributed by atoms with van der Waals surface area (Å²) in [4.78, 5) is 22.1. The van der Waals surface area contributed by atoms with Crippen molar-refractivity contribution in [2.75, 3.05) is 37.7 Å². The number of carbonyl (C=O) groups is 1. The zero-order chi connectivity index (χ0) is 21.7. The molecule has 1 aromatic heterocycles. The van der Waals surface area contributed by atoms with E-state index in [0.29, 0.717) is 12.3 Å². The summed E-state index contributed by atoms with van der Waals surface area (Å²) in [5, 5.41) is 0.740. The lowest BCUT2D eigenvalue weighted by molar-refractivity contribution is -0.120. The lowest BCUT2D eigenvalue weighted by Crippen LogP contribution is -2.41. The summed E-state index contributed by atoms with van der Waals surface area (Å²) in [5.41, 5.74) is 4.47. The van der Waals surface area contributed by atoms with Crippen LogP contribution < -0.4 is 9.64 Å². The molecule has 0 radical (unpaired) electrons. The number of likely N-dealkylation sites (N-methyl/N-ethyl adjacent to an activating group) is 1. The van der Waals surface area contributed by atoms with Crippen LogP contribution in [0.3, 0.4) is 0 Å². The predicted molar refractivity (Wildman–Crippen MR) is 133 cm³/mol. The minimum Gasteiger partial charge on any atom is -0.484 e. The maximum Gasteiger partial charge on any atom is 0.266 e. The van der Waals surface area contributed by atoms with Crippen LogP contribution in [0.25, 0.3) is 10.2 Å². The summed E-state index contributed by atoms with van der Waals surface area (Å²) in [6.45, 7) is 13.8. The summed E-state index contributed by atoms with van der Waals surface area (Å²) in [7, 11) is 0. The first-order valence-electron chi connectivity index (χ1n) is 10.5. The van der Waals surface area contributed by atoms with E-state index in [4.69, 9.17) is 9.72 Å². The molecule has 0 N–H and O–H groups in total. The number of amides is 1. The molecule has 3 rings (SSSR count). The van der Waals surface area contributed by atoms with Gasteiger partial charge in [0.05, 0.1) is 10.2 Å². The molecule has 0 aliphatic rings. The number of benzene rings is 2. The van der Waals surface area contributed by atoms with Gasteiger partial charge in [0, 0.05) is 13.1 Å². The van der Waals surface area contributed by atoms with Gasteiger partial charge >= 0.3 is 0 Å². The molecule has 0 spiro atoms. The Kier molecular flexibility index (Phi) is 9.29. The van der Waals surface area contributed by atoms with Gasteiger partial charge in [-0.3, -0.25) is 9.69 Å². The molecule has 0 unspecified atom stereocenters. The molecule has 31 heavy (non-hydrogen) atoms. The summed E-state index contributed by atoms with van der Waals surface area (Å²) >= 11 is 1.57. The molecule has 3 aromatic rings. The highest BCUT2D eigenvalue weighted by atomic mass is 35.5. The van der Waals surface area contributed by atoms with Crippen molar-refractivity contribution in [3.8, 4) is 5.75 Å². The molecule has 0 bridgehead atoms. The van der Waals surface area contributed by atoms with Crippen LogP contribution in [0.4, 0.5) is 5.13 Å². The van der Waals surface area contributed by atoms with E-state index in [1.807, 2.05) is 31.2 Å². The standard InChI is InChI=1S/C24H31N3O2S.ClH/c1-6-26(7-2)13-14-27(22(28)16-29-20-10-8-9-17(3)15-20)24-25-23-19(5)18(4)11-12-21(23)30-24;/h8-12,15H,6-7,13-14,16H2,1-5H3;1H. The summed E-state index contributed by atoms with van der Waals surface area (Å²) in [6.07, 6.45) is 0. The lowest BCUT2D eigenvalue weighted by atomic mass is 10.1. The van der Waals surface area contributed by atoms with Gasteiger partial charge in [-0.25, -0.2) is 4.98 Å². The molecule has 0 atom stereocenters. The van der Waals surface area contributed by atoms with E-state index in [9.17, 15) is 4.79 Å². The Bertz CT molecular complexity index is 1020. The van der Waals surface area contributed by atoms with Crippen LogP contribution in [0.5, 0.6) is 5.75 Å². The normalized spacial score (nSPS) is 10.9. The van der Waals surface area contributed by atoms with Crippen LogP contribution in [0.15, 0.2) is 36.4 Å². The van der Waals surface area contributed by atoms with Gasteiger partial charge in [0.2, 0.25) is 0 Å². The molecule has 7 heteroatoms. The maximum absolute atomic E-state index is 13.2. The van der Waals surface area contributed by atoms with Crippen LogP contribution in [-0.4, -0.2) is 48.6 Å². The number of carbonyl (C=O) groups excluding carboxylic acids is 1. The maximum atomic E-state index is 13.2. The first-order chi connectivity index (χ1) is 14.4. The molecule has 1 heterocycles. The number of nitrogens with zero attached hydrogens (tertiary/aromatic N) is 3. The van der Waals surface area contributed by atoms with E-state index >= 15 is 0 Å². The number of thiazole rings is 1. The molecule has 0 saturated carbocycles. The fourth-order valence-electron chi connectivity index (χ4n) is 3.37. The van der Waals surface area contributed by atoms with Gasteiger partial charge in [-0.2, -0.15) is 0 Å². The van der Waals surface area contributed by atoms with Crippen molar-refractivity contribution in [2.45, 2.75) is 34.6 Å². The first-order valence-corrected chi connectivity index (χ1v) is 11.3. The van der Waals surface area contributed by atoms with Gasteiger partial charge in [0.25, 0.3) is 5.91 Å². The third-order valence-corrected chi connectivity index (χ3v) is 6.54. The van der Waals surface area contributed by atoms with Gasteiger partial charge in [-0.1, -0.05) is 43.4 Å². The Morgan fingerprint density at radius 3 is 2.48 bits per heavy atom. The molecule has 0 saturated heterocycles. The third kappa shape index (κ3) is 6.19. The van der Waals surface area contributed by atoms with E-state index in [1.54, 1.807) is 16.2 Å². The lowest BCUT2D eigenvalue weighted by Gasteiger charge is -2.24. The SMILES string of the molecule is CCN(CC)CCN(C(=O)COc1cccc(C)c1)c1nc2c(C)c(C)ccc2s1.Cl. The fourth-order valence-corrected chi connectivity index (χ4v) is 4.43. The van der Waals surface area contributed by atoms with Crippen LogP contribution in [0, 0.1) is 20.8 Å². The second-order valence-electron chi connectivity index (χ2n) is 7.53. The highest BCUT2D eigenvalue weighted by Crippen LogP contribution is 2.32. The largest absolute Gasteiger partial charge is 0.484 e. The summed E-state index contributed by atoms with van der Waals surface area (Å²) in [6, 6.07) is 12.0. The van der Waals surface area contributed by atoms with E-state index in [1.165, 1.54) is 11.1 Å². The average Bonchev–Trinajstić information content (AvgIpc) is 3.17. The molecule has 5 nitrogen and oxygen atoms in total. The van der Waals surface area contributed by atoms with Crippen molar-refractivity contribution < 1.29 is 9.53 Å². The molecule has 0 aliphatic carbocycles. The minimum absolute atomic E-state index is 0. The van der Waals surface area contributed by atoms with Gasteiger partial charge in [-0.15, -0.1) is 12.4 Å². The Hall–Kier alpha value is -2.15. The van der Waals surface area contributed by atoms with Gasteiger partial charge in [0.15, 0.2) is 11.7 Å². The number of hydrogen-bond acceptors (Lipinski definition) is 5. The zero-order valence-electron chi connectivity index (χ0n) is 19.0. The molecule has 0 aliphatic heterocycles. The van der Waals surface area contributed by atoms with Crippen molar-refractivity contribution >= 4 is 45.0 Å². The summed E-state index contributed by atoms with van der Waals surface area (Å²) < 4.78 is 6.90. The molecular weight excluding hydrogens is 430 g/mol. The van der Waals surface area contributed by atoms with Crippen molar-refractivity contribution in [2.24, 2.45) is 0 Å². The highest BCUT2D eigenvalue weighted by Gasteiger charge is 2.21. The number of rotatable bonds is 9. The van der Waals surface area contributed by atoms with Crippen molar-refractivity contribution in [1.82, 2.24) is 9.88 Å². The first kappa shape index (κ1) is 25.1. The molecule has 1 amide bonds. The number of aryl methyl sites for hydroxylation is 3. The number of halogens is 1. The minimum atomic E-state index is -0.0721. The number of fused-ring (bicyclic) bond motifs is 1. The van der Waals surface area contributed by atoms with E-state index in [-0.39, 0.29) is 24.9 Å². The second-order valence-corrected chi connectivity index (χ2v) is 8.54. The monoisotopic (exact) mass is 461 g/mol. The molecule has 0 fully saturated rings. The highest BCUT2D eigenvalue weighted by molar-refractivity contribution is 7.22. The second kappa shape index (κ2) is 11.5. The Morgan fingerprint density at radius 2 is 1.81 bits per heavy atom. The van der Waals surface area contributed by atoms with E-state index < -0.39 is 0 Å². The van der Waals surface area contributed by atoms with E-state index in [0.717, 1.165) is 40.5 Å².